The minimum absolute atomic E-state index is 0.0117. The number of rotatable bonds is 4. The molecule has 1 saturated carbocycles. The summed E-state index contributed by atoms with van der Waals surface area (Å²) in [5.74, 6) is -0.0117. The maximum absolute atomic E-state index is 12.0. The summed E-state index contributed by atoms with van der Waals surface area (Å²) in [6.45, 7) is 5.40. The summed E-state index contributed by atoms with van der Waals surface area (Å²) in [7, 11) is 0. The second kappa shape index (κ2) is 6.36. The van der Waals surface area contributed by atoms with Crippen LogP contribution in [-0.2, 0) is 9.53 Å². The highest BCUT2D eigenvalue weighted by Crippen LogP contribution is 2.50. The van der Waals surface area contributed by atoms with Gasteiger partial charge in [-0.1, -0.05) is 54.6 Å². The first-order valence-corrected chi connectivity index (χ1v) is 8.46. The van der Waals surface area contributed by atoms with Crippen LogP contribution in [0.1, 0.15) is 38.7 Å². The maximum atomic E-state index is 12.0. The van der Waals surface area contributed by atoms with E-state index in [-0.39, 0.29) is 5.92 Å². The van der Waals surface area contributed by atoms with E-state index < -0.39 is 17.2 Å². The summed E-state index contributed by atoms with van der Waals surface area (Å²) in [4.78, 5) is 23.6. The number of hydrogen-bond acceptors (Lipinski definition) is 3. The lowest BCUT2D eigenvalue weighted by Gasteiger charge is -2.22. The lowest BCUT2D eigenvalue weighted by Crippen LogP contribution is -2.42. The van der Waals surface area contributed by atoms with Crippen LogP contribution in [0, 0.1) is 0 Å². The van der Waals surface area contributed by atoms with Crippen molar-refractivity contribution in [2.24, 2.45) is 0 Å². The van der Waals surface area contributed by atoms with Crippen LogP contribution >= 0.6 is 0 Å². The van der Waals surface area contributed by atoms with Gasteiger partial charge in [-0.05, 0) is 43.9 Å². The van der Waals surface area contributed by atoms with Gasteiger partial charge in [0.1, 0.15) is 17.4 Å². The normalized spacial score (nSPS) is 22.1. The summed E-state index contributed by atoms with van der Waals surface area (Å²) in [5.41, 5.74) is 1.88. The lowest BCUT2D eigenvalue weighted by atomic mass is 10.0. The van der Waals surface area contributed by atoms with Crippen LogP contribution in [0.15, 0.2) is 54.6 Å². The molecule has 0 aliphatic heterocycles. The van der Waals surface area contributed by atoms with E-state index in [4.69, 9.17) is 4.74 Å². The lowest BCUT2D eigenvalue weighted by molar-refractivity contribution is -0.110. The van der Waals surface area contributed by atoms with Crippen molar-refractivity contribution in [3.8, 4) is 11.1 Å². The molecule has 1 aliphatic carbocycles. The van der Waals surface area contributed by atoms with Gasteiger partial charge in [-0.25, -0.2) is 4.79 Å². The number of aldehydes is 1. The van der Waals surface area contributed by atoms with Crippen molar-refractivity contribution in [2.75, 3.05) is 0 Å². The average Bonchev–Trinajstić information content (AvgIpc) is 3.28. The minimum atomic E-state index is -0.851. The molecule has 4 heteroatoms. The second-order valence-electron chi connectivity index (χ2n) is 7.53. The molecule has 2 aromatic rings. The number of carbonyl (C=O) groups excluding carboxylic acids is 2. The quantitative estimate of drug-likeness (QED) is 0.846. The Morgan fingerprint density at radius 3 is 2.24 bits per heavy atom. The van der Waals surface area contributed by atoms with E-state index >= 15 is 0 Å². The third-order valence-electron chi connectivity index (χ3n) is 4.37. The van der Waals surface area contributed by atoms with Gasteiger partial charge in [0.05, 0.1) is 0 Å². The zero-order valence-electron chi connectivity index (χ0n) is 14.8. The number of benzene rings is 2. The summed E-state index contributed by atoms with van der Waals surface area (Å²) in [6.07, 6.45) is 0.871. The molecular formula is C21H23NO3. The van der Waals surface area contributed by atoms with Gasteiger partial charge in [0, 0.05) is 5.92 Å². The van der Waals surface area contributed by atoms with Crippen LogP contribution in [0.25, 0.3) is 11.1 Å². The fourth-order valence-electron chi connectivity index (χ4n) is 3.02. The van der Waals surface area contributed by atoms with E-state index in [2.05, 4.69) is 17.4 Å². The highest BCUT2D eigenvalue weighted by atomic mass is 16.6. The molecule has 25 heavy (non-hydrogen) atoms. The van der Waals surface area contributed by atoms with Crippen molar-refractivity contribution < 1.29 is 14.3 Å². The Labute approximate surface area is 148 Å². The number of amides is 1. The molecular weight excluding hydrogens is 314 g/mol. The number of carbonyl (C=O) groups is 2. The predicted octanol–water partition coefficient (Wildman–Crippen LogP) is 4.30. The van der Waals surface area contributed by atoms with E-state index in [0.29, 0.717) is 6.42 Å². The Kier molecular flexibility index (Phi) is 4.38. The molecule has 2 unspecified atom stereocenters. The molecule has 3 rings (SSSR count). The van der Waals surface area contributed by atoms with E-state index in [0.717, 1.165) is 23.0 Å². The molecule has 0 aromatic heterocycles. The Bertz CT molecular complexity index is 762. The summed E-state index contributed by atoms with van der Waals surface area (Å²) in [6, 6.07) is 18.3. The predicted molar refractivity (Wildman–Crippen MR) is 97.4 cm³/mol. The molecule has 2 atom stereocenters. The van der Waals surface area contributed by atoms with Crippen molar-refractivity contribution in [3.63, 3.8) is 0 Å². The number of hydrogen-bond donors (Lipinski definition) is 1. The van der Waals surface area contributed by atoms with Gasteiger partial charge in [0.2, 0.25) is 0 Å². The Morgan fingerprint density at radius 2 is 1.68 bits per heavy atom. The molecule has 0 heterocycles. The van der Waals surface area contributed by atoms with Gasteiger partial charge in [0.15, 0.2) is 0 Å². The molecule has 0 radical (unpaired) electrons. The van der Waals surface area contributed by atoms with E-state index in [1.54, 1.807) is 20.8 Å². The second-order valence-corrected chi connectivity index (χ2v) is 7.53. The van der Waals surface area contributed by atoms with Crippen LogP contribution in [0.2, 0.25) is 0 Å². The van der Waals surface area contributed by atoms with Crippen molar-refractivity contribution in [3.05, 3.63) is 60.2 Å². The fraction of sp³-hybridized carbons (Fsp3) is 0.333. The molecule has 1 fully saturated rings. The van der Waals surface area contributed by atoms with Gasteiger partial charge in [-0.3, -0.25) is 0 Å². The first-order chi connectivity index (χ1) is 11.8. The third-order valence-corrected chi connectivity index (χ3v) is 4.37. The Morgan fingerprint density at radius 1 is 1.08 bits per heavy atom. The molecule has 130 valence electrons. The van der Waals surface area contributed by atoms with Gasteiger partial charge in [-0.2, -0.15) is 0 Å². The molecule has 2 aromatic carbocycles. The topological polar surface area (TPSA) is 55.4 Å². The number of ether oxygens (including phenoxy) is 1. The smallest absolute Gasteiger partial charge is 0.408 e. The average molecular weight is 337 g/mol. The van der Waals surface area contributed by atoms with Crippen LogP contribution in [0.4, 0.5) is 4.79 Å². The van der Waals surface area contributed by atoms with Gasteiger partial charge in [0.25, 0.3) is 0 Å². The summed E-state index contributed by atoms with van der Waals surface area (Å²) in [5, 5.41) is 2.74. The standard InChI is InChI=1S/C21H23NO3/c1-20(2,3)25-19(24)22-21(14-23)13-18(21)17-11-9-16(10-12-17)15-7-5-4-6-8-15/h4-12,14,18H,13H2,1-3H3,(H,22,24). The summed E-state index contributed by atoms with van der Waals surface area (Å²) < 4.78 is 5.27. The fourth-order valence-corrected chi connectivity index (χ4v) is 3.02. The molecule has 4 nitrogen and oxygen atoms in total. The van der Waals surface area contributed by atoms with E-state index in [1.807, 2.05) is 42.5 Å². The van der Waals surface area contributed by atoms with Crippen molar-refractivity contribution in [2.45, 2.75) is 44.2 Å². The van der Waals surface area contributed by atoms with E-state index in [1.165, 1.54) is 0 Å². The maximum Gasteiger partial charge on any atom is 0.408 e. The highest BCUT2D eigenvalue weighted by Gasteiger charge is 2.56. The van der Waals surface area contributed by atoms with Crippen LogP contribution in [-0.4, -0.2) is 23.5 Å². The minimum Gasteiger partial charge on any atom is -0.444 e. The number of nitrogens with one attached hydrogen (secondary N) is 1. The third kappa shape index (κ3) is 3.90. The zero-order chi connectivity index (χ0) is 18.1. The monoisotopic (exact) mass is 337 g/mol. The molecule has 1 N–H and O–H groups in total. The van der Waals surface area contributed by atoms with Crippen LogP contribution in [0.5, 0.6) is 0 Å². The molecule has 1 amide bonds. The molecule has 0 spiro atoms. The van der Waals surface area contributed by atoms with Gasteiger partial charge < -0.3 is 14.8 Å². The Balaban J connectivity index is 1.71. The Hall–Kier alpha value is -2.62. The molecule has 1 aliphatic rings. The first kappa shape index (κ1) is 17.2. The van der Waals surface area contributed by atoms with Crippen LogP contribution in [0.3, 0.4) is 0 Å². The SMILES string of the molecule is CC(C)(C)OC(=O)NC1(C=O)CC1c1ccc(-c2ccccc2)cc1. The zero-order valence-corrected chi connectivity index (χ0v) is 14.8. The largest absolute Gasteiger partial charge is 0.444 e. The van der Waals surface area contributed by atoms with Gasteiger partial charge in [-0.15, -0.1) is 0 Å². The molecule has 0 saturated heterocycles. The van der Waals surface area contributed by atoms with Crippen molar-refractivity contribution in [1.82, 2.24) is 5.32 Å². The molecule has 0 bridgehead atoms. The van der Waals surface area contributed by atoms with Crippen LogP contribution < -0.4 is 5.32 Å². The summed E-state index contributed by atoms with van der Waals surface area (Å²) >= 11 is 0. The van der Waals surface area contributed by atoms with Gasteiger partial charge >= 0.3 is 6.09 Å². The number of alkyl carbamates (subject to hydrolysis) is 1. The van der Waals surface area contributed by atoms with Crippen molar-refractivity contribution >= 4 is 12.4 Å². The van der Waals surface area contributed by atoms with Crippen molar-refractivity contribution in [1.29, 1.82) is 0 Å². The first-order valence-electron chi connectivity index (χ1n) is 8.46. The highest BCUT2D eigenvalue weighted by molar-refractivity contribution is 5.82. The van der Waals surface area contributed by atoms with E-state index in [9.17, 15) is 9.59 Å².